The molecule has 106 valence electrons. The van der Waals surface area contributed by atoms with Crippen molar-refractivity contribution in [3.63, 3.8) is 0 Å². The molecule has 0 saturated carbocycles. The van der Waals surface area contributed by atoms with Gasteiger partial charge in [-0.1, -0.05) is 36.4 Å². The van der Waals surface area contributed by atoms with E-state index in [4.69, 9.17) is 9.79 Å². The monoisotopic (exact) mass is 312 g/mol. The molecule has 0 bridgehead atoms. The number of sulfone groups is 1. The van der Waals surface area contributed by atoms with E-state index < -0.39 is 23.6 Å². The standard InChI is InChI=1S/C13H13O5PS/c14-19(15,16)10-11-6-4-5-9-13(11)20(17,18)12-7-2-1-3-8-12/h1-9H,10H2,(H2,14,15,16). The molecule has 0 fully saturated rings. The van der Waals surface area contributed by atoms with Gasteiger partial charge in [0.2, 0.25) is 9.84 Å². The fourth-order valence-corrected chi connectivity index (χ4v) is 4.18. The van der Waals surface area contributed by atoms with E-state index in [1.54, 1.807) is 24.3 Å². The minimum atomic E-state index is -4.34. The molecule has 0 heterocycles. The van der Waals surface area contributed by atoms with Gasteiger partial charge in [0, 0.05) is 0 Å². The predicted octanol–water partition coefficient (Wildman–Crippen LogP) is 2.20. The van der Waals surface area contributed by atoms with Crippen LogP contribution in [0.5, 0.6) is 0 Å². The molecule has 5 nitrogen and oxygen atoms in total. The Morgan fingerprint density at radius 1 is 0.900 bits per heavy atom. The summed E-state index contributed by atoms with van der Waals surface area (Å²) >= 11 is 0. The van der Waals surface area contributed by atoms with Crippen LogP contribution in [0.25, 0.3) is 0 Å². The summed E-state index contributed by atoms with van der Waals surface area (Å²) in [6.07, 6.45) is -0.602. The van der Waals surface area contributed by atoms with Crippen molar-refractivity contribution in [1.82, 2.24) is 0 Å². The minimum absolute atomic E-state index is 0.0745. The largest absolute Gasteiger partial charge is 0.329 e. The lowest BCUT2D eigenvalue weighted by Crippen LogP contribution is -2.05. The van der Waals surface area contributed by atoms with Gasteiger partial charge in [-0.15, -0.1) is 0 Å². The highest BCUT2D eigenvalue weighted by Gasteiger charge is 2.24. The third-order valence-corrected chi connectivity index (χ3v) is 5.31. The fourth-order valence-electron chi connectivity index (χ4n) is 1.85. The molecular formula is C13H13O5PS. The van der Waals surface area contributed by atoms with Gasteiger partial charge in [0.25, 0.3) is 0 Å². The summed E-state index contributed by atoms with van der Waals surface area (Å²) in [5.41, 5.74) is 0.115. The van der Waals surface area contributed by atoms with E-state index in [9.17, 15) is 13.0 Å². The van der Waals surface area contributed by atoms with E-state index >= 15 is 0 Å². The molecule has 0 amide bonds. The molecular weight excluding hydrogens is 299 g/mol. The molecule has 0 spiro atoms. The normalized spacial score (nSPS) is 12.3. The van der Waals surface area contributed by atoms with Gasteiger partial charge >= 0.3 is 7.60 Å². The summed E-state index contributed by atoms with van der Waals surface area (Å²) in [5.74, 6) is 0. The van der Waals surface area contributed by atoms with E-state index in [0.29, 0.717) is 0 Å². The lowest BCUT2D eigenvalue weighted by molar-refractivity contribution is 0.371. The number of hydrogen-bond acceptors (Lipinski definition) is 3. The molecule has 7 heteroatoms. The zero-order valence-corrected chi connectivity index (χ0v) is 12.1. The molecule has 0 radical (unpaired) electrons. The van der Waals surface area contributed by atoms with E-state index in [1.807, 2.05) is 0 Å². The van der Waals surface area contributed by atoms with Crippen LogP contribution >= 0.6 is 7.60 Å². The van der Waals surface area contributed by atoms with Crippen molar-refractivity contribution < 1.29 is 22.8 Å². The molecule has 0 atom stereocenters. The minimum Gasteiger partial charge on any atom is -0.324 e. The maximum absolute atomic E-state index is 12.5. The Hall–Kier alpha value is -1.46. The van der Waals surface area contributed by atoms with Gasteiger partial charge in [0.15, 0.2) is 0 Å². The van der Waals surface area contributed by atoms with Crippen molar-refractivity contribution in [1.29, 1.82) is 0 Å². The third-order valence-electron chi connectivity index (χ3n) is 2.69. The maximum atomic E-state index is 12.5. The Kier molecular flexibility index (Phi) is 4.11. The van der Waals surface area contributed by atoms with Crippen molar-refractivity contribution >= 4 is 17.4 Å². The van der Waals surface area contributed by atoms with Crippen LogP contribution in [0.1, 0.15) is 5.56 Å². The molecule has 2 N–H and O–H groups in total. The fraction of sp³-hybridized carbons (Fsp3) is 0.0769. The Labute approximate surface area is 117 Å². The highest BCUT2D eigenvalue weighted by Crippen LogP contribution is 2.41. The van der Waals surface area contributed by atoms with Gasteiger partial charge in [0.05, 0.1) is 16.0 Å². The smallest absolute Gasteiger partial charge is 0.324 e. The summed E-state index contributed by atoms with van der Waals surface area (Å²) in [6.45, 7) is 0. The molecule has 20 heavy (non-hydrogen) atoms. The Balaban J connectivity index is 2.56. The molecule has 2 rings (SSSR count). The molecule has 2 aromatic rings. The first kappa shape index (κ1) is 14.9. The van der Waals surface area contributed by atoms with E-state index in [1.165, 1.54) is 30.3 Å². The Bertz CT molecular complexity index is 749. The number of benzene rings is 2. The highest BCUT2D eigenvalue weighted by molar-refractivity contribution is 7.91. The second kappa shape index (κ2) is 5.50. The first-order valence-electron chi connectivity index (χ1n) is 5.73. The summed E-state index contributed by atoms with van der Waals surface area (Å²) in [7, 11) is -8.13. The van der Waals surface area contributed by atoms with E-state index in [2.05, 4.69) is 0 Å². The lowest BCUT2D eigenvalue weighted by atomic mass is 10.2. The number of rotatable bonds is 4. The predicted molar refractivity (Wildman–Crippen MR) is 74.1 cm³/mol. The van der Waals surface area contributed by atoms with Crippen molar-refractivity contribution in [3.05, 3.63) is 60.2 Å². The first-order valence-corrected chi connectivity index (χ1v) is 9.01. The van der Waals surface area contributed by atoms with Crippen LogP contribution in [0.3, 0.4) is 0 Å². The van der Waals surface area contributed by atoms with Crippen LogP contribution in [0.2, 0.25) is 0 Å². The van der Waals surface area contributed by atoms with Gasteiger partial charge < -0.3 is 9.79 Å². The first-order chi connectivity index (χ1) is 9.31. The third kappa shape index (κ3) is 3.35. The van der Waals surface area contributed by atoms with E-state index in [-0.39, 0.29) is 15.4 Å². The second-order valence-corrected chi connectivity index (χ2v) is 7.81. The molecule has 0 aromatic heterocycles. The second-order valence-electron chi connectivity index (χ2n) is 4.25. The zero-order valence-electron chi connectivity index (χ0n) is 10.4. The maximum Gasteiger partial charge on any atom is 0.329 e. The van der Waals surface area contributed by atoms with Crippen LogP contribution in [-0.2, 0) is 20.6 Å². The summed E-state index contributed by atoms with van der Waals surface area (Å²) in [4.78, 5) is 18.1. The molecule has 0 saturated heterocycles. The molecule has 0 unspecified atom stereocenters. The van der Waals surface area contributed by atoms with Crippen LogP contribution in [-0.4, -0.2) is 18.2 Å². The van der Waals surface area contributed by atoms with Gasteiger partial charge in [0.1, 0.15) is 0 Å². The topological polar surface area (TPSA) is 91.7 Å². The van der Waals surface area contributed by atoms with E-state index in [0.717, 1.165) is 0 Å². The Morgan fingerprint density at radius 2 is 1.45 bits per heavy atom. The van der Waals surface area contributed by atoms with Gasteiger partial charge in [-0.25, -0.2) is 8.42 Å². The molecule has 2 aromatic carbocycles. The van der Waals surface area contributed by atoms with Gasteiger partial charge in [-0.2, -0.15) is 0 Å². The average Bonchev–Trinajstić information content (AvgIpc) is 2.38. The average molecular weight is 312 g/mol. The van der Waals surface area contributed by atoms with Gasteiger partial charge in [-0.05, 0) is 23.8 Å². The van der Waals surface area contributed by atoms with Crippen molar-refractivity contribution in [2.24, 2.45) is 0 Å². The highest BCUT2D eigenvalue weighted by atomic mass is 32.2. The van der Waals surface area contributed by atoms with Gasteiger partial charge in [-0.3, -0.25) is 4.57 Å². The summed E-state index contributed by atoms with van der Waals surface area (Å²) < 4.78 is 36.1. The zero-order chi connectivity index (χ0) is 14.8. The Morgan fingerprint density at radius 3 is 2.05 bits per heavy atom. The summed E-state index contributed by atoms with van der Waals surface area (Å²) in [5, 5.41) is 0. The van der Waals surface area contributed by atoms with Crippen LogP contribution in [0.4, 0.5) is 0 Å². The number of hydrogen-bond donors (Lipinski definition) is 2. The SMILES string of the molecule is O=P(O)(O)Cc1ccccc1S(=O)(=O)c1ccccc1. The van der Waals surface area contributed by atoms with Crippen molar-refractivity contribution in [2.45, 2.75) is 16.0 Å². The van der Waals surface area contributed by atoms with Crippen LogP contribution in [0, 0.1) is 0 Å². The molecule has 0 aliphatic carbocycles. The van der Waals surface area contributed by atoms with Crippen molar-refractivity contribution in [3.8, 4) is 0 Å². The lowest BCUT2D eigenvalue weighted by Gasteiger charge is -2.11. The molecule has 0 aliphatic heterocycles. The quantitative estimate of drug-likeness (QED) is 0.844. The molecule has 0 aliphatic rings. The van der Waals surface area contributed by atoms with Crippen molar-refractivity contribution in [2.75, 3.05) is 0 Å². The van der Waals surface area contributed by atoms with Crippen LogP contribution in [0.15, 0.2) is 64.4 Å². The van der Waals surface area contributed by atoms with Crippen LogP contribution < -0.4 is 0 Å². The summed E-state index contributed by atoms with van der Waals surface area (Å²) in [6, 6.07) is 13.6.